The third kappa shape index (κ3) is 6.34. The van der Waals surface area contributed by atoms with E-state index >= 15 is 0 Å². The first kappa shape index (κ1) is 15.6. The molecule has 0 aromatic heterocycles. The molecule has 19 heavy (non-hydrogen) atoms. The van der Waals surface area contributed by atoms with Crippen LogP contribution in [0.15, 0.2) is 18.2 Å². The van der Waals surface area contributed by atoms with E-state index in [0.717, 1.165) is 36.8 Å². The van der Waals surface area contributed by atoms with Crippen molar-refractivity contribution in [2.24, 2.45) is 0 Å². The minimum atomic E-state index is 0.732. The summed E-state index contributed by atoms with van der Waals surface area (Å²) in [6.45, 7) is 1.82. The molecule has 0 unspecified atom stereocenters. The largest absolute Gasteiger partial charge is 0.496 e. The lowest BCUT2D eigenvalue weighted by Gasteiger charge is -2.10. The van der Waals surface area contributed by atoms with Crippen LogP contribution in [0.2, 0.25) is 0 Å². The molecule has 1 aromatic rings. The number of rotatable bonds is 10. The third-order valence-corrected chi connectivity index (χ3v) is 2.91. The van der Waals surface area contributed by atoms with E-state index in [-0.39, 0.29) is 0 Å². The molecule has 0 heterocycles. The van der Waals surface area contributed by atoms with Crippen molar-refractivity contribution < 1.29 is 14.2 Å². The lowest BCUT2D eigenvalue weighted by molar-refractivity contribution is 0.299. The Bertz CT molecular complexity index is 333. The summed E-state index contributed by atoms with van der Waals surface area (Å²) in [5.74, 6) is 2.30. The Kier molecular flexibility index (Phi) is 7.82. The van der Waals surface area contributed by atoms with E-state index in [0.29, 0.717) is 0 Å². The van der Waals surface area contributed by atoms with E-state index in [2.05, 4.69) is 5.32 Å². The summed E-state index contributed by atoms with van der Waals surface area (Å²) in [5, 5.41) is 3.15. The second kappa shape index (κ2) is 9.50. The molecule has 1 N–H and O–H groups in total. The van der Waals surface area contributed by atoms with Gasteiger partial charge in [-0.25, -0.2) is 0 Å². The van der Waals surface area contributed by atoms with Crippen molar-refractivity contribution in [3.8, 4) is 17.2 Å². The van der Waals surface area contributed by atoms with Crippen LogP contribution in [0.3, 0.4) is 0 Å². The van der Waals surface area contributed by atoms with Gasteiger partial charge in [0, 0.05) is 18.2 Å². The highest BCUT2D eigenvalue weighted by molar-refractivity contribution is 5.41. The van der Waals surface area contributed by atoms with E-state index in [1.54, 1.807) is 14.2 Å². The minimum Gasteiger partial charge on any atom is -0.496 e. The van der Waals surface area contributed by atoms with Crippen molar-refractivity contribution in [2.75, 3.05) is 34.4 Å². The van der Waals surface area contributed by atoms with Crippen molar-refractivity contribution in [1.82, 2.24) is 5.32 Å². The molecule has 108 valence electrons. The van der Waals surface area contributed by atoms with Crippen molar-refractivity contribution in [3.63, 3.8) is 0 Å². The molecular formula is C15H25NO3. The Hall–Kier alpha value is -1.42. The zero-order valence-electron chi connectivity index (χ0n) is 12.2. The molecule has 0 fully saturated rings. The molecule has 0 bridgehead atoms. The minimum absolute atomic E-state index is 0.732. The molecule has 0 spiro atoms. The highest BCUT2D eigenvalue weighted by atomic mass is 16.5. The van der Waals surface area contributed by atoms with E-state index < -0.39 is 0 Å². The van der Waals surface area contributed by atoms with Crippen LogP contribution < -0.4 is 19.5 Å². The van der Waals surface area contributed by atoms with E-state index in [1.165, 1.54) is 19.3 Å². The maximum atomic E-state index is 5.72. The summed E-state index contributed by atoms with van der Waals surface area (Å²) in [6, 6.07) is 5.59. The molecular weight excluding hydrogens is 242 g/mol. The predicted molar refractivity (Wildman–Crippen MR) is 77.4 cm³/mol. The predicted octanol–water partition coefficient (Wildman–Crippen LogP) is 2.86. The van der Waals surface area contributed by atoms with Crippen LogP contribution in [0, 0.1) is 0 Å². The van der Waals surface area contributed by atoms with Crippen molar-refractivity contribution in [3.05, 3.63) is 18.2 Å². The number of hydrogen-bond donors (Lipinski definition) is 1. The Balaban J connectivity index is 2.28. The Morgan fingerprint density at radius 1 is 0.842 bits per heavy atom. The van der Waals surface area contributed by atoms with Gasteiger partial charge in [0.2, 0.25) is 0 Å². The van der Waals surface area contributed by atoms with Crippen LogP contribution in [-0.4, -0.2) is 34.4 Å². The van der Waals surface area contributed by atoms with Gasteiger partial charge in [-0.2, -0.15) is 0 Å². The fourth-order valence-electron chi connectivity index (χ4n) is 1.81. The van der Waals surface area contributed by atoms with E-state index in [9.17, 15) is 0 Å². The van der Waals surface area contributed by atoms with Gasteiger partial charge in [0.25, 0.3) is 0 Å². The Morgan fingerprint density at radius 2 is 1.42 bits per heavy atom. The smallest absolute Gasteiger partial charge is 0.126 e. The molecule has 0 radical (unpaired) electrons. The topological polar surface area (TPSA) is 39.7 Å². The fourth-order valence-corrected chi connectivity index (χ4v) is 1.81. The summed E-state index contributed by atoms with van der Waals surface area (Å²) in [5.41, 5.74) is 0. The number of methoxy groups -OCH3 is 2. The molecule has 0 aliphatic carbocycles. The van der Waals surface area contributed by atoms with Gasteiger partial charge in [-0.15, -0.1) is 0 Å². The Morgan fingerprint density at radius 3 is 2.00 bits per heavy atom. The first-order valence-electron chi connectivity index (χ1n) is 6.80. The number of nitrogens with one attached hydrogen (secondary N) is 1. The van der Waals surface area contributed by atoms with Gasteiger partial charge in [-0.05, 0) is 26.4 Å². The first-order valence-corrected chi connectivity index (χ1v) is 6.80. The lowest BCUT2D eigenvalue weighted by atomic mass is 10.2. The van der Waals surface area contributed by atoms with Crippen LogP contribution in [0.4, 0.5) is 0 Å². The normalized spacial score (nSPS) is 10.3. The average Bonchev–Trinajstić information content (AvgIpc) is 2.45. The highest BCUT2D eigenvalue weighted by Crippen LogP contribution is 2.27. The molecule has 0 amide bonds. The summed E-state index contributed by atoms with van der Waals surface area (Å²) >= 11 is 0. The molecule has 1 aromatic carbocycles. The van der Waals surface area contributed by atoms with Gasteiger partial charge in [-0.3, -0.25) is 0 Å². The lowest BCUT2D eigenvalue weighted by Crippen LogP contribution is -2.07. The van der Waals surface area contributed by atoms with Crippen LogP contribution in [-0.2, 0) is 0 Å². The molecule has 1 rings (SSSR count). The maximum absolute atomic E-state index is 5.72. The first-order chi connectivity index (χ1) is 9.30. The molecule has 0 aliphatic rings. The maximum Gasteiger partial charge on any atom is 0.126 e. The monoisotopic (exact) mass is 267 g/mol. The van der Waals surface area contributed by atoms with Crippen LogP contribution >= 0.6 is 0 Å². The standard InChI is InChI=1S/C15H25NO3/c1-16-8-6-4-5-7-9-19-15-11-13(17-2)10-14(12-15)18-3/h10-12,16H,4-9H2,1-3H3. The van der Waals surface area contributed by atoms with Crippen LogP contribution in [0.25, 0.3) is 0 Å². The summed E-state index contributed by atoms with van der Waals surface area (Å²) in [7, 11) is 5.26. The zero-order valence-corrected chi connectivity index (χ0v) is 12.2. The number of ether oxygens (including phenoxy) is 3. The van der Waals surface area contributed by atoms with Gasteiger partial charge < -0.3 is 19.5 Å². The van der Waals surface area contributed by atoms with Crippen molar-refractivity contribution in [1.29, 1.82) is 0 Å². The van der Waals surface area contributed by atoms with Gasteiger partial charge in [0.05, 0.1) is 20.8 Å². The quantitative estimate of drug-likeness (QED) is 0.662. The summed E-state index contributed by atoms with van der Waals surface area (Å²) in [6.07, 6.45) is 4.74. The summed E-state index contributed by atoms with van der Waals surface area (Å²) in [4.78, 5) is 0. The molecule has 4 nitrogen and oxygen atoms in total. The van der Waals surface area contributed by atoms with E-state index in [4.69, 9.17) is 14.2 Å². The number of benzene rings is 1. The molecule has 0 atom stereocenters. The Labute approximate surface area is 116 Å². The number of hydrogen-bond acceptors (Lipinski definition) is 4. The third-order valence-electron chi connectivity index (χ3n) is 2.91. The molecule has 0 saturated heterocycles. The molecule has 0 aliphatic heterocycles. The summed E-state index contributed by atoms with van der Waals surface area (Å²) < 4.78 is 16.1. The van der Waals surface area contributed by atoms with Gasteiger partial charge >= 0.3 is 0 Å². The average molecular weight is 267 g/mol. The SMILES string of the molecule is CNCCCCCCOc1cc(OC)cc(OC)c1. The highest BCUT2D eigenvalue weighted by Gasteiger charge is 2.02. The number of unbranched alkanes of at least 4 members (excludes halogenated alkanes) is 3. The van der Waals surface area contributed by atoms with E-state index in [1.807, 2.05) is 25.2 Å². The van der Waals surface area contributed by atoms with Crippen LogP contribution in [0.1, 0.15) is 25.7 Å². The second-order valence-electron chi connectivity index (χ2n) is 4.41. The fraction of sp³-hybridized carbons (Fsp3) is 0.600. The van der Waals surface area contributed by atoms with Crippen molar-refractivity contribution >= 4 is 0 Å². The second-order valence-corrected chi connectivity index (χ2v) is 4.41. The van der Waals surface area contributed by atoms with Gasteiger partial charge in [0.1, 0.15) is 17.2 Å². The molecule has 4 heteroatoms. The van der Waals surface area contributed by atoms with Gasteiger partial charge in [-0.1, -0.05) is 12.8 Å². The molecule has 0 saturated carbocycles. The van der Waals surface area contributed by atoms with Crippen LogP contribution in [0.5, 0.6) is 17.2 Å². The zero-order chi connectivity index (χ0) is 13.9. The van der Waals surface area contributed by atoms with Crippen molar-refractivity contribution in [2.45, 2.75) is 25.7 Å². The van der Waals surface area contributed by atoms with Gasteiger partial charge in [0.15, 0.2) is 0 Å².